The van der Waals surface area contributed by atoms with E-state index in [4.69, 9.17) is 4.74 Å². The van der Waals surface area contributed by atoms with E-state index in [9.17, 15) is 0 Å². The summed E-state index contributed by atoms with van der Waals surface area (Å²) < 4.78 is 5.88. The summed E-state index contributed by atoms with van der Waals surface area (Å²) in [5.74, 6) is 0.947. The van der Waals surface area contributed by atoms with Gasteiger partial charge in [-0.2, -0.15) is 11.8 Å². The fourth-order valence-electron chi connectivity index (χ4n) is 3.26. The van der Waals surface area contributed by atoms with E-state index < -0.39 is 0 Å². The van der Waals surface area contributed by atoms with Crippen LogP contribution in [0.25, 0.3) is 0 Å². The number of nitrogens with one attached hydrogen (secondary N) is 2. The molecule has 0 saturated heterocycles. The Balaban J connectivity index is 0.00000242. The molecule has 2 atom stereocenters. The zero-order chi connectivity index (χ0) is 14.9. The van der Waals surface area contributed by atoms with Crippen molar-refractivity contribution in [3.8, 4) is 0 Å². The van der Waals surface area contributed by atoms with Gasteiger partial charge in [-0.25, -0.2) is 0 Å². The minimum absolute atomic E-state index is 0. The van der Waals surface area contributed by atoms with E-state index in [0.29, 0.717) is 12.1 Å². The van der Waals surface area contributed by atoms with Gasteiger partial charge in [0, 0.05) is 31.5 Å². The van der Waals surface area contributed by atoms with Crippen molar-refractivity contribution in [3.05, 3.63) is 0 Å². The first-order valence-electron chi connectivity index (χ1n) is 8.43. The molecule has 2 rings (SSSR count). The summed E-state index contributed by atoms with van der Waals surface area (Å²) in [4.78, 5) is 4.32. The zero-order valence-electron chi connectivity index (χ0n) is 14.0. The van der Waals surface area contributed by atoms with Crippen molar-refractivity contribution in [2.75, 3.05) is 26.5 Å². The first kappa shape index (κ1) is 20.4. The van der Waals surface area contributed by atoms with E-state index in [2.05, 4.69) is 21.9 Å². The first-order valence-corrected chi connectivity index (χ1v) is 9.72. The Morgan fingerprint density at radius 3 is 2.64 bits per heavy atom. The van der Waals surface area contributed by atoms with E-state index in [0.717, 1.165) is 30.8 Å². The predicted molar refractivity (Wildman–Crippen MR) is 108 cm³/mol. The molecule has 0 spiro atoms. The normalized spacial score (nSPS) is 26.0. The van der Waals surface area contributed by atoms with Crippen molar-refractivity contribution in [2.24, 2.45) is 4.99 Å². The van der Waals surface area contributed by atoms with Gasteiger partial charge in [0.15, 0.2) is 5.96 Å². The van der Waals surface area contributed by atoms with Crippen molar-refractivity contribution in [1.29, 1.82) is 0 Å². The number of nitrogens with zero attached hydrogens (tertiary/aromatic N) is 1. The van der Waals surface area contributed by atoms with Crippen LogP contribution in [0.2, 0.25) is 0 Å². The van der Waals surface area contributed by atoms with Crippen LogP contribution in [-0.2, 0) is 4.74 Å². The molecule has 0 aromatic carbocycles. The molecule has 0 aromatic rings. The first-order chi connectivity index (χ1) is 10.3. The molecule has 0 heterocycles. The number of guanidine groups is 1. The minimum atomic E-state index is 0. The number of hydrogen-bond donors (Lipinski definition) is 2. The lowest BCUT2D eigenvalue weighted by Crippen LogP contribution is -2.43. The topological polar surface area (TPSA) is 45.7 Å². The molecule has 6 heteroatoms. The van der Waals surface area contributed by atoms with E-state index in [1.807, 2.05) is 18.8 Å². The number of aliphatic imine (C=N–C) groups is 1. The second kappa shape index (κ2) is 11.8. The van der Waals surface area contributed by atoms with Crippen LogP contribution in [0.4, 0.5) is 0 Å². The summed E-state index contributed by atoms with van der Waals surface area (Å²) in [7, 11) is 1.85. The lowest BCUT2D eigenvalue weighted by molar-refractivity contribution is 0.0574. The predicted octanol–water partition coefficient (Wildman–Crippen LogP) is 3.40. The third-order valence-corrected chi connectivity index (χ3v) is 5.65. The average molecular weight is 441 g/mol. The van der Waals surface area contributed by atoms with Crippen LogP contribution in [0.15, 0.2) is 4.99 Å². The molecule has 2 N–H and O–H groups in total. The van der Waals surface area contributed by atoms with Crippen LogP contribution < -0.4 is 10.6 Å². The summed E-state index contributed by atoms with van der Waals surface area (Å²) in [6.45, 7) is 1.80. The molecule has 2 unspecified atom stereocenters. The molecule has 0 radical (unpaired) electrons. The Kier molecular flexibility index (Phi) is 10.9. The molecule has 2 fully saturated rings. The second-order valence-electron chi connectivity index (χ2n) is 6.14. The van der Waals surface area contributed by atoms with Crippen molar-refractivity contribution in [2.45, 2.75) is 68.8 Å². The monoisotopic (exact) mass is 441 g/mol. The summed E-state index contributed by atoms with van der Waals surface area (Å²) in [5.41, 5.74) is 0. The molecule has 2 saturated carbocycles. The maximum Gasteiger partial charge on any atom is 0.191 e. The lowest BCUT2D eigenvalue weighted by Gasteiger charge is -2.17. The quantitative estimate of drug-likeness (QED) is 0.275. The van der Waals surface area contributed by atoms with Gasteiger partial charge in [0.1, 0.15) is 0 Å². The molecule has 4 nitrogen and oxygen atoms in total. The molecule has 130 valence electrons. The van der Waals surface area contributed by atoms with Gasteiger partial charge in [-0.15, -0.1) is 24.0 Å². The Morgan fingerprint density at radius 1 is 1.23 bits per heavy atom. The van der Waals surface area contributed by atoms with Gasteiger partial charge in [-0.3, -0.25) is 4.99 Å². The molecule has 2 aliphatic carbocycles. The van der Waals surface area contributed by atoms with Crippen LogP contribution >= 0.6 is 35.7 Å². The molecular weight excluding hydrogens is 409 g/mol. The number of rotatable bonds is 7. The average Bonchev–Trinajstić information content (AvgIpc) is 3.16. The van der Waals surface area contributed by atoms with Crippen LogP contribution in [0.1, 0.15) is 51.4 Å². The summed E-state index contributed by atoms with van der Waals surface area (Å²) in [5, 5.41) is 7.77. The Hall–Kier alpha value is 0.310. The standard InChI is InChI=1S/C16H31N3OS.HI/c1-17-16(19-13-8-9-15(12-13)21-2)18-10-5-11-20-14-6-3-4-7-14;/h13-15H,3-12H2,1-2H3,(H2,17,18,19);1H. The SMILES string of the molecule is CN=C(NCCCOC1CCCC1)NC1CCC(SC)C1.I. The zero-order valence-corrected chi connectivity index (χ0v) is 17.1. The van der Waals surface area contributed by atoms with Crippen LogP contribution in [0.5, 0.6) is 0 Å². The smallest absolute Gasteiger partial charge is 0.191 e. The molecule has 0 amide bonds. The largest absolute Gasteiger partial charge is 0.378 e. The van der Waals surface area contributed by atoms with Crippen LogP contribution in [-0.4, -0.2) is 49.8 Å². The van der Waals surface area contributed by atoms with Gasteiger partial charge in [-0.05, 0) is 44.8 Å². The maximum atomic E-state index is 5.88. The summed E-state index contributed by atoms with van der Waals surface area (Å²) in [6, 6.07) is 0.586. The van der Waals surface area contributed by atoms with Gasteiger partial charge >= 0.3 is 0 Å². The van der Waals surface area contributed by atoms with Crippen molar-refractivity contribution in [3.63, 3.8) is 0 Å². The fourth-order valence-corrected chi connectivity index (χ4v) is 4.05. The summed E-state index contributed by atoms with van der Waals surface area (Å²) >= 11 is 1.99. The van der Waals surface area contributed by atoms with Crippen LogP contribution in [0.3, 0.4) is 0 Å². The van der Waals surface area contributed by atoms with Crippen molar-refractivity contribution >= 4 is 41.7 Å². The molecule has 0 bridgehead atoms. The number of hydrogen-bond acceptors (Lipinski definition) is 3. The third-order valence-electron chi connectivity index (χ3n) is 4.55. The molecule has 0 aromatic heterocycles. The van der Waals surface area contributed by atoms with E-state index >= 15 is 0 Å². The Labute approximate surface area is 157 Å². The lowest BCUT2D eigenvalue weighted by atomic mass is 10.2. The highest BCUT2D eigenvalue weighted by molar-refractivity contribution is 14.0. The summed E-state index contributed by atoms with van der Waals surface area (Å²) in [6.07, 6.45) is 12.8. The van der Waals surface area contributed by atoms with Gasteiger partial charge < -0.3 is 15.4 Å². The molecule has 22 heavy (non-hydrogen) atoms. The highest BCUT2D eigenvalue weighted by atomic mass is 127. The van der Waals surface area contributed by atoms with E-state index in [1.165, 1.54) is 44.9 Å². The van der Waals surface area contributed by atoms with E-state index in [-0.39, 0.29) is 24.0 Å². The third kappa shape index (κ3) is 7.25. The Morgan fingerprint density at radius 2 is 2.00 bits per heavy atom. The number of ether oxygens (including phenoxy) is 1. The van der Waals surface area contributed by atoms with E-state index in [1.54, 1.807) is 0 Å². The second-order valence-corrected chi connectivity index (χ2v) is 7.28. The van der Waals surface area contributed by atoms with Crippen molar-refractivity contribution in [1.82, 2.24) is 10.6 Å². The highest BCUT2D eigenvalue weighted by Crippen LogP contribution is 2.28. The van der Waals surface area contributed by atoms with Gasteiger partial charge in [-0.1, -0.05) is 12.8 Å². The van der Waals surface area contributed by atoms with Crippen molar-refractivity contribution < 1.29 is 4.74 Å². The maximum absolute atomic E-state index is 5.88. The molecule has 0 aliphatic heterocycles. The van der Waals surface area contributed by atoms with Gasteiger partial charge in [0.05, 0.1) is 6.10 Å². The number of halogens is 1. The fraction of sp³-hybridized carbons (Fsp3) is 0.938. The van der Waals surface area contributed by atoms with Gasteiger partial charge in [0.25, 0.3) is 0 Å². The molecular formula is C16H32IN3OS. The Bertz CT molecular complexity index is 325. The minimum Gasteiger partial charge on any atom is -0.378 e. The van der Waals surface area contributed by atoms with Crippen LogP contribution in [0, 0.1) is 0 Å². The van der Waals surface area contributed by atoms with Gasteiger partial charge in [0.2, 0.25) is 0 Å². The molecule has 2 aliphatic rings. The number of thioether (sulfide) groups is 1. The highest BCUT2D eigenvalue weighted by Gasteiger charge is 2.24.